The predicted molar refractivity (Wildman–Crippen MR) is 128 cm³/mol. The maximum Gasteiger partial charge on any atom is 0.240 e. The molecule has 0 atom stereocenters. The summed E-state index contributed by atoms with van der Waals surface area (Å²) in [6.45, 7) is 7.74. The maximum absolute atomic E-state index is 12.3. The van der Waals surface area contributed by atoms with Crippen molar-refractivity contribution in [1.82, 2.24) is 25.1 Å². The van der Waals surface area contributed by atoms with E-state index in [0.29, 0.717) is 30.6 Å². The van der Waals surface area contributed by atoms with Crippen LogP contribution in [0.1, 0.15) is 23.9 Å². The number of aliphatic imine (C=N–C) groups is 1. The highest BCUT2D eigenvalue weighted by atomic mass is 127. The van der Waals surface area contributed by atoms with E-state index in [1.165, 1.54) is 12.1 Å². The third-order valence-electron chi connectivity index (χ3n) is 4.21. The van der Waals surface area contributed by atoms with Crippen molar-refractivity contribution < 1.29 is 8.42 Å². The normalized spacial score (nSPS) is 11.8. The van der Waals surface area contributed by atoms with Crippen LogP contribution in [-0.2, 0) is 23.6 Å². The molecule has 1 aromatic heterocycles. The van der Waals surface area contributed by atoms with E-state index in [9.17, 15) is 8.42 Å². The summed E-state index contributed by atoms with van der Waals surface area (Å²) >= 11 is 5.86. The molecule has 162 valence electrons. The zero-order valence-corrected chi connectivity index (χ0v) is 20.9. The summed E-state index contributed by atoms with van der Waals surface area (Å²) in [6.07, 6.45) is 0. The number of aryl methyl sites for hydroxylation is 2. The molecule has 2 rings (SSSR count). The van der Waals surface area contributed by atoms with Gasteiger partial charge in [-0.3, -0.25) is 4.68 Å². The van der Waals surface area contributed by atoms with E-state index in [2.05, 4.69) is 25.4 Å². The molecule has 8 nitrogen and oxygen atoms in total. The van der Waals surface area contributed by atoms with Gasteiger partial charge in [0, 0.05) is 43.0 Å². The number of nitrogens with zero attached hydrogens (tertiary/aromatic N) is 3. The van der Waals surface area contributed by atoms with Crippen LogP contribution in [0.3, 0.4) is 0 Å². The van der Waals surface area contributed by atoms with Crippen molar-refractivity contribution in [2.24, 2.45) is 12.0 Å². The summed E-state index contributed by atoms with van der Waals surface area (Å²) in [5.41, 5.74) is 3.11. The molecule has 1 heterocycles. The van der Waals surface area contributed by atoms with Crippen LogP contribution in [0.25, 0.3) is 0 Å². The molecule has 0 spiro atoms. The number of benzene rings is 1. The summed E-state index contributed by atoms with van der Waals surface area (Å²) in [4.78, 5) is 4.71. The Balaban J connectivity index is 0.00000420. The number of nitrogens with one attached hydrogen (secondary N) is 3. The van der Waals surface area contributed by atoms with Crippen molar-refractivity contribution in [3.63, 3.8) is 0 Å². The number of hydrogen-bond donors (Lipinski definition) is 3. The van der Waals surface area contributed by atoms with Crippen LogP contribution in [0.5, 0.6) is 0 Å². The van der Waals surface area contributed by atoms with Crippen LogP contribution in [-0.4, -0.2) is 43.8 Å². The van der Waals surface area contributed by atoms with Gasteiger partial charge in [-0.25, -0.2) is 18.1 Å². The number of guanidine groups is 1. The highest BCUT2D eigenvalue weighted by molar-refractivity contribution is 14.0. The lowest BCUT2D eigenvalue weighted by atomic mass is 10.2. The second-order valence-electron chi connectivity index (χ2n) is 6.25. The Morgan fingerprint density at radius 1 is 1.24 bits per heavy atom. The van der Waals surface area contributed by atoms with E-state index in [0.717, 1.165) is 17.0 Å². The van der Waals surface area contributed by atoms with E-state index in [1.807, 2.05) is 32.5 Å². The lowest BCUT2D eigenvalue weighted by Crippen LogP contribution is -2.41. The van der Waals surface area contributed by atoms with Crippen LogP contribution in [0.2, 0.25) is 5.02 Å². The number of halogens is 2. The highest BCUT2D eigenvalue weighted by Crippen LogP contribution is 2.15. The number of sulfonamides is 1. The summed E-state index contributed by atoms with van der Waals surface area (Å²) in [6, 6.07) is 6.16. The fourth-order valence-electron chi connectivity index (χ4n) is 2.63. The fourth-order valence-corrected chi connectivity index (χ4v) is 3.96. The van der Waals surface area contributed by atoms with Gasteiger partial charge in [-0.15, -0.1) is 24.0 Å². The van der Waals surface area contributed by atoms with Gasteiger partial charge < -0.3 is 10.6 Å². The minimum atomic E-state index is -3.60. The highest BCUT2D eigenvalue weighted by Gasteiger charge is 2.13. The first kappa shape index (κ1) is 25.7. The molecule has 0 saturated carbocycles. The van der Waals surface area contributed by atoms with Crippen LogP contribution in [0, 0.1) is 13.8 Å². The molecule has 0 fully saturated rings. The fraction of sp³-hybridized carbons (Fsp3) is 0.444. The quantitative estimate of drug-likeness (QED) is 0.201. The molecule has 29 heavy (non-hydrogen) atoms. The van der Waals surface area contributed by atoms with E-state index in [-0.39, 0.29) is 35.4 Å². The Labute approximate surface area is 194 Å². The van der Waals surface area contributed by atoms with Crippen LogP contribution < -0.4 is 15.4 Å². The van der Waals surface area contributed by atoms with Gasteiger partial charge >= 0.3 is 0 Å². The molecule has 3 N–H and O–H groups in total. The van der Waals surface area contributed by atoms with E-state index in [1.54, 1.807) is 12.1 Å². The minimum absolute atomic E-state index is 0. The second-order valence-corrected chi connectivity index (χ2v) is 8.45. The third kappa shape index (κ3) is 7.43. The van der Waals surface area contributed by atoms with Crippen molar-refractivity contribution in [1.29, 1.82) is 0 Å². The number of rotatable bonds is 8. The van der Waals surface area contributed by atoms with Crippen molar-refractivity contribution >= 4 is 51.6 Å². The van der Waals surface area contributed by atoms with E-state index < -0.39 is 10.0 Å². The maximum atomic E-state index is 12.3. The van der Waals surface area contributed by atoms with Gasteiger partial charge in [0.05, 0.1) is 17.1 Å². The molecular formula is C18H28ClIN6O2S. The van der Waals surface area contributed by atoms with Gasteiger partial charge in [0.2, 0.25) is 10.0 Å². The smallest absolute Gasteiger partial charge is 0.240 e. The van der Waals surface area contributed by atoms with Gasteiger partial charge in [0.1, 0.15) is 0 Å². The zero-order chi connectivity index (χ0) is 20.7. The monoisotopic (exact) mass is 554 g/mol. The molecule has 0 saturated heterocycles. The zero-order valence-electron chi connectivity index (χ0n) is 17.0. The Morgan fingerprint density at radius 3 is 2.55 bits per heavy atom. The van der Waals surface area contributed by atoms with E-state index >= 15 is 0 Å². The topological polar surface area (TPSA) is 100 Å². The average molecular weight is 555 g/mol. The Bertz CT molecular complexity index is 946. The van der Waals surface area contributed by atoms with Crippen LogP contribution in [0.4, 0.5) is 0 Å². The summed E-state index contributed by atoms with van der Waals surface area (Å²) in [7, 11) is -1.69. The minimum Gasteiger partial charge on any atom is -0.357 e. The van der Waals surface area contributed by atoms with Crippen molar-refractivity contribution in [3.05, 3.63) is 46.2 Å². The Kier molecular flexibility index (Phi) is 10.4. The molecule has 1 aromatic carbocycles. The summed E-state index contributed by atoms with van der Waals surface area (Å²) in [5.74, 6) is 0.618. The van der Waals surface area contributed by atoms with Crippen molar-refractivity contribution in [2.75, 3.05) is 19.6 Å². The largest absolute Gasteiger partial charge is 0.357 e. The number of hydrogen-bond acceptors (Lipinski definition) is 4. The first-order chi connectivity index (χ1) is 13.2. The van der Waals surface area contributed by atoms with Crippen LogP contribution in [0.15, 0.2) is 34.2 Å². The summed E-state index contributed by atoms with van der Waals surface area (Å²) < 4.78 is 29.0. The first-order valence-corrected chi connectivity index (χ1v) is 10.9. The summed E-state index contributed by atoms with van der Waals surface area (Å²) in [5, 5.41) is 11.1. The van der Waals surface area contributed by atoms with Gasteiger partial charge in [-0.1, -0.05) is 17.7 Å². The lowest BCUT2D eigenvalue weighted by Gasteiger charge is -2.12. The first-order valence-electron chi connectivity index (χ1n) is 9.01. The van der Waals surface area contributed by atoms with Gasteiger partial charge in [0.25, 0.3) is 0 Å². The SMILES string of the molecule is CCNC(=NCc1c(C)nn(C)c1C)NCCNS(=O)(=O)c1cccc(Cl)c1.I. The molecule has 0 aliphatic carbocycles. The average Bonchev–Trinajstić information content (AvgIpc) is 2.88. The number of aromatic nitrogens is 2. The van der Waals surface area contributed by atoms with Gasteiger partial charge in [-0.05, 0) is 39.0 Å². The Hall–Kier alpha value is -1.37. The van der Waals surface area contributed by atoms with Crippen molar-refractivity contribution in [2.45, 2.75) is 32.2 Å². The van der Waals surface area contributed by atoms with Gasteiger partial charge in [0.15, 0.2) is 5.96 Å². The molecule has 0 aliphatic heterocycles. The molecule has 0 radical (unpaired) electrons. The predicted octanol–water partition coefficient (Wildman–Crippen LogP) is 2.34. The molecule has 0 bridgehead atoms. The molecule has 0 unspecified atom stereocenters. The van der Waals surface area contributed by atoms with Crippen LogP contribution >= 0.6 is 35.6 Å². The molecule has 0 amide bonds. The molecule has 2 aromatic rings. The van der Waals surface area contributed by atoms with Crippen molar-refractivity contribution in [3.8, 4) is 0 Å². The lowest BCUT2D eigenvalue weighted by molar-refractivity contribution is 0.580. The molecule has 0 aliphatic rings. The van der Waals surface area contributed by atoms with E-state index in [4.69, 9.17) is 11.6 Å². The Morgan fingerprint density at radius 2 is 1.97 bits per heavy atom. The standard InChI is InChI=1S/C18H27ClN6O2S.HI/c1-5-20-18(22-12-17-13(2)24-25(4)14(17)3)21-9-10-23-28(26,27)16-8-6-7-15(19)11-16;/h6-8,11,23H,5,9-10,12H2,1-4H3,(H2,20,21,22);1H. The third-order valence-corrected chi connectivity index (χ3v) is 5.91. The van der Waals surface area contributed by atoms with Gasteiger partial charge in [-0.2, -0.15) is 5.10 Å². The molecular weight excluding hydrogens is 527 g/mol. The second kappa shape index (κ2) is 11.7. The molecule has 11 heteroatoms.